The van der Waals surface area contributed by atoms with Crippen molar-refractivity contribution in [3.63, 3.8) is 0 Å². The predicted octanol–water partition coefficient (Wildman–Crippen LogP) is 1.76. The van der Waals surface area contributed by atoms with Crippen molar-refractivity contribution in [2.75, 3.05) is 7.05 Å². The molecule has 2 atom stereocenters. The van der Waals surface area contributed by atoms with Gasteiger partial charge >= 0.3 is 0 Å². The molecule has 0 aromatic heterocycles. The molecule has 2 N–H and O–H groups in total. The van der Waals surface area contributed by atoms with Crippen LogP contribution in [0.25, 0.3) is 0 Å². The van der Waals surface area contributed by atoms with Gasteiger partial charge in [-0.2, -0.15) is 0 Å². The maximum absolute atomic E-state index is 11.9. The maximum atomic E-state index is 11.9. The number of nitrogens with zero attached hydrogens (tertiary/aromatic N) is 1. The summed E-state index contributed by atoms with van der Waals surface area (Å²) < 4.78 is 0. The first kappa shape index (κ1) is 13.4. The van der Waals surface area contributed by atoms with Crippen LogP contribution in [0.1, 0.15) is 47.0 Å². The summed E-state index contributed by atoms with van der Waals surface area (Å²) >= 11 is 0. The summed E-state index contributed by atoms with van der Waals surface area (Å²) in [6, 6.07) is 0.280. The van der Waals surface area contributed by atoms with Crippen molar-refractivity contribution in [1.29, 1.82) is 0 Å². The topological polar surface area (TPSA) is 46.3 Å². The second-order valence-electron chi connectivity index (χ2n) is 4.32. The van der Waals surface area contributed by atoms with Crippen LogP contribution < -0.4 is 5.73 Å². The molecule has 0 aromatic rings. The quantitative estimate of drug-likeness (QED) is 0.735. The zero-order valence-electron chi connectivity index (χ0n) is 10.1. The second-order valence-corrected chi connectivity index (χ2v) is 4.32. The fraction of sp³-hybridized carbons (Fsp3) is 0.909. The van der Waals surface area contributed by atoms with Gasteiger partial charge in [0.15, 0.2) is 0 Å². The third-order valence-corrected chi connectivity index (χ3v) is 2.91. The Labute approximate surface area is 87.6 Å². The Hall–Kier alpha value is -0.570. The first-order valence-electron chi connectivity index (χ1n) is 5.43. The molecule has 0 aromatic carbocycles. The van der Waals surface area contributed by atoms with E-state index in [4.69, 9.17) is 5.73 Å². The van der Waals surface area contributed by atoms with Crippen LogP contribution in [-0.2, 0) is 4.79 Å². The van der Waals surface area contributed by atoms with E-state index in [1.165, 1.54) is 0 Å². The van der Waals surface area contributed by atoms with E-state index in [0.29, 0.717) is 6.42 Å². The minimum Gasteiger partial charge on any atom is -0.341 e. The number of amides is 1. The smallest absolute Gasteiger partial charge is 0.242 e. The molecule has 0 fully saturated rings. The number of nitrogens with two attached hydrogens (primary N) is 1. The lowest BCUT2D eigenvalue weighted by Gasteiger charge is -2.32. The number of rotatable bonds is 5. The van der Waals surface area contributed by atoms with E-state index in [9.17, 15) is 4.79 Å². The first-order valence-corrected chi connectivity index (χ1v) is 5.43. The maximum Gasteiger partial charge on any atom is 0.242 e. The highest BCUT2D eigenvalue weighted by atomic mass is 16.2. The van der Waals surface area contributed by atoms with Gasteiger partial charge in [0.05, 0.1) is 5.54 Å². The number of carbonyl (C=O) groups is 1. The lowest BCUT2D eigenvalue weighted by molar-refractivity contribution is -0.137. The van der Waals surface area contributed by atoms with E-state index < -0.39 is 5.54 Å². The van der Waals surface area contributed by atoms with Crippen LogP contribution in [0.15, 0.2) is 0 Å². The molecular weight excluding hydrogens is 176 g/mol. The summed E-state index contributed by atoms with van der Waals surface area (Å²) in [5.41, 5.74) is 5.19. The predicted molar refractivity (Wildman–Crippen MR) is 60.0 cm³/mol. The number of likely N-dealkylation sites (N-methyl/N-ethyl adjacent to an activating group) is 1. The Kier molecular flexibility index (Phi) is 5.13. The molecule has 0 saturated carbocycles. The zero-order chi connectivity index (χ0) is 11.4. The SMILES string of the molecule is CCCC(C)N(C)C(=O)C(C)(N)CC. The van der Waals surface area contributed by atoms with Gasteiger partial charge in [0, 0.05) is 13.1 Å². The van der Waals surface area contributed by atoms with Crippen LogP contribution in [-0.4, -0.2) is 29.4 Å². The molecule has 0 saturated heterocycles. The zero-order valence-corrected chi connectivity index (χ0v) is 10.1. The van der Waals surface area contributed by atoms with E-state index in [-0.39, 0.29) is 11.9 Å². The third-order valence-electron chi connectivity index (χ3n) is 2.91. The Morgan fingerprint density at radius 3 is 2.36 bits per heavy atom. The van der Waals surface area contributed by atoms with Gasteiger partial charge in [-0.05, 0) is 26.7 Å². The summed E-state index contributed by atoms with van der Waals surface area (Å²) in [6.45, 7) is 7.92. The van der Waals surface area contributed by atoms with Crippen molar-refractivity contribution in [3.05, 3.63) is 0 Å². The summed E-state index contributed by atoms with van der Waals surface area (Å²) in [4.78, 5) is 13.7. The average Bonchev–Trinajstić information content (AvgIpc) is 2.15. The molecule has 0 bridgehead atoms. The molecule has 0 aliphatic heterocycles. The van der Waals surface area contributed by atoms with Crippen LogP contribution in [0.2, 0.25) is 0 Å². The molecule has 2 unspecified atom stereocenters. The van der Waals surface area contributed by atoms with Crippen LogP contribution in [0.4, 0.5) is 0 Å². The normalized spacial score (nSPS) is 17.3. The second kappa shape index (κ2) is 5.35. The molecule has 1 amide bonds. The molecule has 0 aliphatic rings. The van der Waals surface area contributed by atoms with E-state index in [1.807, 2.05) is 14.0 Å². The van der Waals surface area contributed by atoms with Crippen molar-refractivity contribution in [1.82, 2.24) is 4.90 Å². The Morgan fingerprint density at radius 2 is 2.00 bits per heavy atom. The first-order chi connectivity index (χ1) is 6.36. The van der Waals surface area contributed by atoms with Crippen molar-refractivity contribution < 1.29 is 4.79 Å². The molecule has 3 heteroatoms. The minimum absolute atomic E-state index is 0.0425. The van der Waals surface area contributed by atoms with Gasteiger partial charge in [0.1, 0.15) is 0 Å². The molecule has 0 heterocycles. The molecule has 0 radical (unpaired) electrons. The molecule has 84 valence electrons. The van der Waals surface area contributed by atoms with Gasteiger partial charge in [-0.3, -0.25) is 4.79 Å². The van der Waals surface area contributed by atoms with Gasteiger partial charge in [0.25, 0.3) is 0 Å². The van der Waals surface area contributed by atoms with Crippen molar-refractivity contribution in [2.24, 2.45) is 5.73 Å². The van der Waals surface area contributed by atoms with Crippen molar-refractivity contribution in [2.45, 2.75) is 58.5 Å². The molecular formula is C11H24N2O. The fourth-order valence-corrected chi connectivity index (χ4v) is 1.37. The summed E-state index contributed by atoms with van der Waals surface area (Å²) in [6.07, 6.45) is 2.79. The highest BCUT2D eigenvalue weighted by Gasteiger charge is 2.30. The third kappa shape index (κ3) is 3.29. The number of hydrogen-bond donors (Lipinski definition) is 1. The van der Waals surface area contributed by atoms with E-state index in [2.05, 4.69) is 13.8 Å². The molecule has 0 aliphatic carbocycles. The van der Waals surface area contributed by atoms with Crippen LogP contribution >= 0.6 is 0 Å². The molecule has 0 rings (SSSR count). The number of hydrogen-bond acceptors (Lipinski definition) is 2. The molecule has 0 spiro atoms. The van der Waals surface area contributed by atoms with E-state index in [0.717, 1.165) is 12.8 Å². The van der Waals surface area contributed by atoms with Gasteiger partial charge < -0.3 is 10.6 Å². The van der Waals surface area contributed by atoms with Gasteiger partial charge in [-0.15, -0.1) is 0 Å². The lowest BCUT2D eigenvalue weighted by atomic mass is 9.97. The van der Waals surface area contributed by atoms with Crippen LogP contribution in [0.5, 0.6) is 0 Å². The van der Waals surface area contributed by atoms with E-state index >= 15 is 0 Å². The van der Waals surface area contributed by atoms with E-state index in [1.54, 1.807) is 11.8 Å². The Bertz CT molecular complexity index is 190. The van der Waals surface area contributed by atoms with Gasteiger partial charge in [-0.1, -0.05) is 20.3 Å². The highest BCUT2D eigenvalue weighted by molar-refractivity contribution is 5.85. The number of carbonyl (C=O) groups excluding carboxylic acids is 1. The monoisotopic (exact) mass is 200 g/mol. The molecule has 3 nitrogen and oxygen atoms in total. The lowest BCUT2D eigenvalue weighted by Crippen LogP contribution is -2.53. The van der Waals surface area contributed by atoms with Gasteiger partial charge in [-0.25, -0.2) is 0 Å². The Morgan fingerprint density at radius 1 is 1.50 bits per heavy atom. The summed E-state index contributed by atoms with van der Waals surface area (Å²) in [5, 5.41) is 0. The molecule has 14 heavy (non-hydrogen) atoms. The standard InChI is InChI=1S/C11H24N2O/c1-6-8-9(3)13(5)10(14)11(4,12)7-2/h9H,6-8,12H2,1-5H3. The van der Waals surface area contributed by atoms with Crippen LogP contribution in [0, 0.1) is 0 Å². The summed E-state index contributed by atoms with van der Waals surface area (Å²) in [7, 11) is 1.84. The van der Waals surface area contributed by atoms with Crippen LogP contribution in [0.3, 0.4) is 0 Å². The largest absolute Gasteiger partial charge is 0.341 e. The average molecular weight is 200 g/mol. The van der Waals surface area contributed by atoms with Gasteiger partial charge in [0.2, 0.25) is 5.91 Å². The Balaban J connectivity index is 4.38. The minimum atomic E-state index is -0.712. The van der Waals surface area contributed by atoms with Crippen molar-refractivity contribution >= 4 is 5.91 Å². The highest BCUT2D eigenvalue weighted by Crippen LogP contribution is 2.13. The van der Waals surface area contributed by atoms with Crippen molar-refractivity contribution in [3.8, 4) is 0 Å². The fourth-order valence-electron chi connectivity index (χ4n) is 1.37. The summed E-state index contributed by atoms with van der Waals surface area (Å²) in [5.74, 6) is 0.0425.